The molecule has 0 saturated carbocycles. The van der Waals surface area contributed by atoms with Crippen molar-refractivity contribution < 1.29 is 22.7 Å². The van der Waals surface area contributed by atoms with Gasteiger partial charge in [-0.2, -0.15) is 5.10 Å². The first-order valence-electron chi connectivity index (χ1n) is 7.83. The minimum atomic E-state index is -3.86. The maximum Gasteiger partial charge on any atom is 0.338 e. The Morgan fingerprint density at radius 3 is 2.38 bits per heavy atom. The Hall–Kier alpha value is -2.72. The molecule has 10 heteroatoms. The van der Waals surface area contributed by atoms with Crippen molar-refractivity contribution in [2.24, 2.45) is 0 Å². The maximum absolute atomic E-state index is 12.3. The minimum Gasteiger partial charge on any atom is -0.462 e. The average Bonchev–Trinajstić information content (AvgIpc) is 2.93. The quantitative estimate of drug-likeness (QED) is 0.617. The van der Waals surface area contributed by atoms with Gasteiger partial charge < -0.3 is 10.1 Å². The van der Waals surface area contributed by atoms with Crippen LogP contribution < -0.4 is 10.0 Å². The van der Waals surface area contributed by atoms with Gasteiger partial charge in [0.25, 0.3) is 0 Å². The number of esters is 1. The second-order valence-electron chi connectivity index (χ2n) is 5.43. The summed E-state index contributed by atoms with van der Waals surface area (Å²) in [4.78, 5) is 23.6. The molecule has 0 atom stereocenters. The van der Waals surface area contributed by atoms with Gasteiger partial charge in [-0.3, -0.25) is 9.89 Å². The monoisotopic (exact) mass is 380 g/mol. The summed E-state index contributed by atoms with van der Waals surface area (Å²) < 4.78 is 31.6. The summed E-state index contributed by atoms with van der Waals surface area (Å²) in [6, 6.07) is 6.08. The van der Waals surface area contributed by atoms with Crippen LogP contribution in [0.15, 0.2) is 29.2 Å². The number of rotatable bonds is 7. The summed E-state index contributed by atoms with van der Waals surface area (Å²) in [5.41, 5.74) is 1.50. The number of sulfonamides is 1. The lowest BCUT2D eigenvalue weighted by molar-refractivity contribution is -0.115. The zero-order valence-corrected chi connectivity index (χ0v) is 15.4. The van der Waals surface area contributed by atoms with Crippen molar-refractivity contribution in [1.82, 2.24) is 14.9 Å². The first-order chi connectivity index (χ1) is 12.2. The number of aryl methyl sites for hydroxylation is 2. The summed E-state index contributed by atoms with van der Waals surface area (Å²) in [5.74, 6) is -1.000. The predicted molar refractivity (Wildman–Crippen MR) is 94.3 cm³/mol. The molecular weight excluding hydrogens is 360 g/mol. The van der Waals surface area contributed by atoms with Crippen LogP contribution in [0.4, 0.5) is 5.69 Å². The third-order valence-electron chi connectivity index (χ3n) is 3.43. The van der Waals surface area contributed by atoms with E-state index in [2.05, 4.69) is 20.2 Å². The number of aromatic amines is 1. The topological polar surface area (TPSA) is 130 Å². The number of ether oxygens (including phenoxy) is 1. The van der Waals surface area contributed by atoms with Gasteiger partial charge >= 0.3 is 5.97 Å². The van der Waals surface area contributed by atoms with Crippen molar-refractivity contribution in [3.63, 3.8) is 0 Å². The van der Waals surface area contributed by atoms with Crippen molar-refractivity contribution in [3.05, 3.63) is 41.2 Å². The van der Waals surface area contributed by atoms with Gasteiger partial charge in [-0.1, -0.05) is 0 Å². The summed E-state index contributed by atoms with van der Waals surface area (Å²) in [6.07, 6.45) is 0. The SMILES string of the molecule is CCOC(=O)c1ccc(NC(=O)CNS(=O)(=O)c2c(C)n[nH]c2C)cc1. The number of nitrogens with one attached hydrogen (secondary N) is 3. The highest BCUT2D eigenvalue weighted by Crippen LogP contribution is 2.16. The lowest BCUT2D eigenvalue weighted by atomic mass is 10.2. The summed E-state index contributed by atoms with van der Waals surface area (Å²) >= 11 is 0. The van der Waals surface area contributed by atoms with Gasteiger partial charge in [-0.25, -0.2) is 17.9 Å². The molecule has 1 aromatic carbocycles. The lowest BCUT2D eigenvalue weighted by Crippen LogP contribution is -2.33. The molecule has 140 valence electrons. The molecule has 2 aromatic rings. The predicted octanol–water partition coefficient (Wildman–Crippen LogP) is 1.12. The second kappa shape index (κ2) is 8.11. The Kier molecular flexibility index (Phi) is 6.11. The molecule has 1 aromatic heterocycles. The van der Waals surface area contributed by atoms with E-state index < -0.39 is 28.4 Å². The molecule has 2 rings (SSSR count). The van der Waals surface area contributed by atoms with Crippen LogP contribution in [-0.4, -0.2) is 43.6 Å². The first-order valence-corrected chi connectivity index (χ1v) is 9.31. The van der Waals surface area contributed by atoms with Crippen LogP contribution in [0.2, 0.25) is 0 Å². The molecule has 0 aliphatic rings. The minimum absolute atomic E-state index is 0.0316. The molecule has 9 nitrogen and oxygen atoms in total. The van der Waals surface area contributed by atoms with E-state index >= 15 is 0 Å². The van der Waals surface area contributed by atoms with Crippen LogP contribution in [0.3, 0.4) is 0 Å². The number of carbonyl (C=O) groups is 2. The average molecular weight is 380 g/mol. The number of benzene rings is 1. The van der Waals surface area contributed by atoms with E-state index in [0.717, 1.165) is 0 Å². The number of hydrogen-bond donors (Lipinski definition) is 3. The van der Waals surface area contributed by atoms with Crippen LogP contribution in [-0.2, 0) is 19.6 Å². The van der Waals surface area contributed by atoms with Crippen LogP contribution in [0.5, 0.6) is 0 Å². The normalized spacial score (nSPS) is 11.2. The number of H-pyrrole nitrogens is 1. The fourth-order valence-electron chi connectivity index (χ4n) is 2.28. The zero-order valence-electron chi connectivity index (χ0n) is 14.6. The largest absolute Gasteiger partial charge is 0.462 e. The van der Waals surface area contributed by atoms with E-state index in [-0.39, 0.29) is 11.5 Å². The number of aromatic nitrogens is 2. The zero-order chi connectivity index (χ0) is 19.3. The van der Waals surface area contributed by atoms with E-state index in [1.807, 2.05) is 0 Å². The second-order valence-corrected chi connectivity index (χ2v) is 7.14. The van der Waals surface area contributed by atoms with Gasteiger partial charge in [0, 0.05) is 5.69 Å². The standard InChI is InChI=1S/C16H20N4O5S/c1-4-25-16(22)12-5-7-13(8-6-12)18-14(21)9-17-26(23,24)15-10(2)19-20-11(15)3/h5-8,17H,4,9H2,1-3H3,(H,18,21)(H,19,20). The molecule has 0 spiro atoms. The highest BCUT2D eigenvalue weighted by atomic mass is 32.2. The van der Waals surface area contributed by atoms with Crippen molar-refractivity contribution in [1.29, 1.82) is 0 Å². The van der Waals surface area contributed by atoms with Crippen LogP contribution >= 0.6 is 0 Å². The van der Waals surface area contributed by atoms with Crippen LogP contribution in [0.25, 0.3) is 0 Å². The van der Waals surface area contributed by atoms with Crippen LogP contribution in [0, 0.1) is 13.8 Å². The Bertz CT molecular complexity index is 884. The lowest BCUT2D eigenvalue weighted by Gasteiger charge is -2.08. The highest BCUT2D eigenvalue weighted by molar-refractivity contribution is 7.89. The van der Waals surface area contributed by atoms with Crippen molar-refractivity contribution in [2.75, 3.05) is 18.5 Å². The molecule has 3 N–H and O–H groups in total. The van der Waals surface area contributed by atoms with Crippen molar-refractivity contribution in [3.8, 4) is 0 Å². The summed E-state index contributed by atoms with van der Waals surface area (Å²) in [6.45, 7) is 4.68. The Morgan fingerprint density at radius 2 is 1.85 bits per heavy atom. The van der Waals surface area contributed by atoms with E-state index in [9.17, 15) is 18.0 Å². The van der Waals surface area contributed by atoms with Gasteiger partial charge in [0.15, 0.2) is 0 Å². The van der Waals surface area contributed by atoms with Crippen LogP contribution in [0.1, 0.15) is 28.7 Å². The van der Waals surface area contributed by atoms with Gasteiger partial charge in [0.05, 0.1) is 30.1 Å². The number of carbonyl (C=O) groups excluding carboxylic acids is 2. The summed E-state index contributed by atoms with van der Waals surface area (Å²) in [7, 11) is -3.86. The third-order valence-corrected chi connectivity index (χ3v) is 5.10. The van der Waals surface area contributed by atoms with Gasteiger partial charge in [-0.15, -0.1) is 0 Å². The molecule has 1 amide bonds. The fraction of sp³-hybridized carbons (Fsp3) is 0.312. The number of anilines is 1. The van der Waals surface area contributed by atoms with E-state index in [1.165, 1.54) is 24.3 Å². The van der Waals surface area contributed by atoms with Crippen molar-refractivity contribution in [2.45, 2.75) is 25.7 Å². The molecule has 0 bridgehead atoms. The molecule has 0 fully saturated rings. The molecule has 0 aliphatic carbocycles. The van der Waals surface area contributed by atoms with Crippen molar-refractivity contribution >= 4 is 27.6 Å². The molecule has 1 heterocycles. The van der Waals surface area contributed by atoms with E-state index in [4.69, 9.17) is 4.74 Å². The molecule has 0 saturated heterocycles. The Morgan fingerprint density at radius 1 is 1.19 bits per heavy atom. The van der Waals surface area contributed by atoms with Gasteiger partial charge in [-0.05, 0) is 45.0 Å². The molecule has 0 aliphatic heterocycles. The Balaban J connectivity index is 1.96. The number of nitrogens with zero attached hydrogens (tertiary/aromatic N) is 1. The maximum atomic E-state index is 12.3. The third kappa shape index (κ3) is 4.67. The number of hydrogen-bond acceptors (Lipinski definition) is 6. The fourth-order valence-corrected chi connectivity index (χ4v) is 3.63. The molecule has 0 radical (unpaired) electrons. The Labute approximate surface area is 151 Å². The number of amides is 1. The summed E-state index contributed by atoms with van der Waals surface area (Å²) in [5, 5.41) is 8.96. The first kappa shape index (κ1) is 19.6. The van der Waals surface area contributed by atoms with Gasteiger partial charge in [0.2, 0.25) is 15.9 Å². The highest BCUT2D eigenvalue weighted by Gasteiger charge is 2.22. The van der Waals surface area contributed by atoms with E-state index in [0.29, 0.717) is 22.6 Å². The van der Waals surface area contributed by atoms with E-state index in [1.54, 1.807) is 20.8 Å². The smallest absolute Gasteiger partial charge is 0.338 e. The molecule has 0 unspecified atom stereocenters. The molecular formula is C16H20N4O5S. The molecule has 26 heavy (non-hydrogen) atoms. The van der Waals surface area contributed by atoms with Gasteiger partial charge in [0.1, 0.15) is 4.90 Å².